The number of benzene rings is 3. The first kappa shape index (κ1) is 22.2. The van der Waals surface area contributed by atoms with E-state index >= 15 is 0 Å². The van der Waals surface area contributed by atoms with Crippen molar-refractivity contribution in [3.63, 3.8) is 0 Å². The van der Waals surface area contributed by atoms with Gasteiger partial charge in [-0.3, -0.25) is 9.52 Å². The van der Waals surface area contributed by atoms with E-state index in [4.69, 9.17) is 16.3 Å². The highest BCUT2D eigenvalue weighted by Gasteiger charge is 2.30. The van der Waals surface area contributed by atoms with Gasteiger partial charge in [-0.25, -0.2) is 8.42 Å². The topological polar surface area (TPSA) is 75.7 Å². The van der Waals surface area contributed by atoms with Crippen molar-refractivity contribution in [1.29, 1.82) is 0 Å². The molecular weight excluding hydrogens is 448 g/mol. The van der Waals surface area contributed by atoms with Crippen molar-refractivity contribution in [2.45, 2.75) is 37.4 Å². The van der Waals surface area contributed by atoms with Gasteiger partial charge in [-0.2, -0.15) is 0 Å². The van der Waals surface area contributed by atoms with Gasteiger partial charge in [-0.15, -0.1) is 0 Å². The Morgan fingerprint density at radius 3 is 2.56 bits per heavy atom. The van der Waals surface area contributed by atoms with Gasteiger partial charge in [-0.1, -0.05) is 54.9 Å². The van der Waals surface area contributed by atoms with Crippen molar-refractivity contribution >= 4 is 33.2 Å². The molecule has 0 aromatic heterocycles. The number of amides is 1. The van der Waals surface area contributed by atoms with Crippen molar-refractivity contribution in [2.24, 2.45) is 0 Å². The molecule has 1 atom stereocenters. The number of halogens is 1. The highest BCUT2D eigenvalue weighted by molar-refractivity contribution is 7.92. The third-order valence-corrected chi connectivity index (χ3v) is 6.84. The summed E-state index contributed by atoms with van der Waals surface area (Å²) in [4.78, 5) is 14.9. The van der Waals surface area contributed by atoms with E-state index in [1.807, 2.05) is 37.3 Å². The molecule has 1 amide bonds. The molecule has 0 radical (unpaired) electrons. The molecule has 0 bridgehead atoms. The number of ether oxygens (including phenoxy) is 1. The van der Waals surface area contributed by atoms with E-state index in [2.05, 4.69) is 4.72 Å². The van der Waals surface area contributed by atoms with Crippen molar-refractivity contribution in [3.8, 4) is 5.75 Å². The lowest BCUT2D eigenvalue weighted by Crippen LogP contribution is -2.38. The Labute approximate surface area is 192 Å². The number of anilines is 1. The molecule has 6 nitrogen and oxygen atoms in total. The predicted octanol–water partition coefficient (Wildman–Crippen LogP) is 4.84. The van der Waals surface area contributed by atoms with Gasteiger partial charge >= 0.3 is 0 Å². The molecule has 1 unspecified atom stereocenters. The van der Waals surface area contributed by atoms with Crippen molar-refractivity contribution in [1.82, 2.24) is 4.90 Å². The second kappa shape index (κ2) is 9.22. The Morgan fingerprint density at radius 2 is 1.84 bits per heavy atom. The van der Waals surface area contributed by atoms with Crippen LogP contribution in [0.25, 0.3) is 0 Å². The van der Waals surface area contributed by atoms with Crippen LogP contribution in [0.15, 0.2) is 77.7 Å². The van der Waals surface area contributed by atoms with E-state index in [-0.39, 0.29) is 10.8 Å². The molecule has 166 valence electrons. The van der Waals surface area contributed by atoms with Crippen LogP contribution in [0.1, 0.15) is 24.5 Å². The lowest BCUT2D eigenvalue weighted by atomic mass is 10.1. The van der Waals surface area contributed by atoms with Crippen LogP contribution in [0.5, 0.6) is 5.75 Å². The summed E-state index contributed by atoms with van der Waals surface area (Å²) in [5, 5.41) is 0.337. The molecular formula is C24H23ClN2O4S. The molecule has 0 fully saturated rings. The van der Waals surface area contributed by atoms with Crippen LogP contribution < -0.4 is 9.46 Å². The molecule has 1 heterocycles. The molecule has 8 heteroatoms. The first-order valence-electron chi connectivity index (χ1n) is 10.3. The van der Waals surface area contributed by atoms with Crippen molar-refractivity contribution in [3.05, 3.63) is 88.9 Å². The van der Waals surface area contributed by atoms with Gasteiger partial charge in [0, 0.05) is 29.4 Å². The summed E-state index contributed by atoms with van der Waals surface area (Å²) in [6, 6.07) is 20.8. The highest BCUT2D eigenvalue weighted by Crippen LogP contribution is 2.31. The van der Waals surface area contributed by atoms with E-state index in [1.165, 1.54) is 12.1 Å². The van der Waals surface area contributed by atoms with Gasteiger partial charge in [0.1, 0.15) is 5.75 Å². The lowest BCUT2D eigenvalue weighted by molar-refractivity contribution is -0.139. The summed E-state index contributed by atoms with van der Waals surface area (Å²) in [7, 11) is -3.82. The predicted molar refractivity (Wildman–Crippen MR) is 124 cm³/mol. The molecule has 0 saturated heterocycles. The molecule has 0 saturated carbocycles. The molecule has 1 N–H and O–H groups in total. The first-order chi connectivity index (χ1) is 15.4. The quantitative estimate of drug-likeness (QED) is 0.559. The summed E-state index contributed by atoms with van der Waals surface area (Å²) in [6.45, 7) is 2.66. The van der Waals surface area contributed by atoms with Gasteiger partial charge in [0.15, 0.2) is 6.10 Å². The average molecular weight is 471 g/mol. The smallest absolute Gasteiger partial charge is 0.264 e. The number of hydrogen-bond donors (Lipinski definition) is 1. The van der Waals surface area contributed by atoms with Crippen LogP contribution in [0.3, 0.4) is 0 Å². The largest absolute Gasteiger partial charge is 0.480 e. The van der Waals surface area contributed by atoms with Gasteiger partial charge < -0.3 is 9.64 Å². The first-order valence-corrected chi connectivity index (χ1v) is 12.1. The molecule has 0 spiro atoms. The number of rotatable bonds is 6. The molecule has 3 aromatic rings. The average Bonchev–Trinajstić information content (AvgIpc) is 2.90. The molecule has 32 heavy (non-hydrogen) atoms. The van der Waals surface area contributed by atoms with E-state index in [9.17, 15) is 13.2 Å². The molecule has 3 aromatic carbocycles. The summed E-state index contributed by atoms with van der Waals surface area (Å²) in [6.07, 6.45) is -0.0545. The highest BCUT2D eigenvalue weighted by atomic mass is 35.5. The van der Waals surface area contributed by atoms with Crippen LogP contribution in [-0.4, -0.2) is 25.3 Å². The lowest BCUT2D eigenvalue weighted by Gasteiger charge is -2.23. The van der Waals surface area contributed by atoms with E-state index in [0.29, 0.717) is 36.0 Å². The van der Waals surface area contributed by atoms with Crippen LogP contribution in [0, 0.1) is 0 Å². The zero-order valence-corrected chi connectivity index (χ0v) is 19.1. The van der Waals surface area contributed by atoms with Gasteiger partial charge in [-0.05, 0) is 48.4 Å². The number of carbonyl (C=O) groups is 1. The third-order valence-electron chi connectivity index (χ3n) is 5.22. The van der Waals surface area contributed by atoms with Crippen LogP contribution in [-0.2, 0) is 27.9 Å². The second-order valence-corrected chi connectivity index (χ2v) is 9.70. The van der Waals surface area contributed by atoms with Crippen molar-refractivity contribution in [2.75, 3.05) is 4.72 Å². The number of hydrogen-bond acceptors (Lipinski definition) is 4. The second-order valence-electron chi connectivity index (χ2n) is 7.58. The number of nitrogens with zero attached hydrogens (tertiary/aromatic N) is 1. The van der Waals surface area contributed by atoms with Crippen LogP contribution in [0.2, 0.25) is 5.02 Å². The number of sulfonamides is 1. The number of fused-ring (bicyclic) bond motifs is 1. The normalized spacial score (nSPS) is 16.1. The van der Waals surface area contributed by atoms with Crippen LogP contribution in [0.4, 0.5) is 5.69 Å². The number of carbonyl (C=O) groups excluding carboxylic acids is 1. The van der Waals surface area contributed by atoms with Crippen molar-refractivity contribution < 1.29 is 17.9 Å². The molecule has 1 aliphatic rings. The fourth-order valence-electron chi connectivity index (χ4n) is 3.62. The van der Waals surface area contributed by atoms with Crippen LogP contribution >= 0.6 is 11.6 Å². The molecule has 4 rings (SSSR count). The maximum atomic E-state index is 13.1. The number of nitrogens with one attached hydrogen (secondary N) is 1. The Hall–Kier alpha value is -3.03. The third kappa shape index (κ3) is 4.89. The summed E-state index contributed by atoms with van der Waals surface area (Å²) in [5.41, 5.74) is 2.13. The minimum Gasteiger partial charge on any atom is -0.480 e. The maximum Gasteiger partial charge on any atom is 0.264 e. The Bertz CT molecular complexity index is 1230. The fraction of sp³-hybridized carbons (Fsp3) is 0.208. The Kier molecular flexibility index (Phi) is 6.39. The minimum absolute atomic E-state index is 0.0723. The van der Waals surface area contributed by atoms with Gasteiger partial charge in [0.2, 0.25) is 0 Å². The minimum atomic E-state index is -3.82. The van der Waals surface area contributed by atoms with E-state index < -0.39 is 16.1 Å². The molecule has 1 aliphatic heterocycles. The zero-order valence-electron chi connectivity index (χ0n) is 17.5. The monoisotopic (exact) mass is 470 g/mol. The van der Waals surface area contributed by atoms with E-state index in [0.717, 1.165) is 11.1 Å². The summed E-state index contributed by atoms with van der Waals surface area (Å²) in [5.74, 6) is 0.486. The van der Waals surface area contributed by atoms with E-state index in [1.54, 1.807) is 35.2 Å². The molecule has 0 aliphatic carbocycles. The van der Waals surface area contributed by atoms with Gasteiger partial charge in [0.05, 0.1) is 4.90 Å². The SMILES string of the molecule is CCC1Oc2ccc(NS(=O)(=O)c3cccc(Cl)c3)cc2CN(Cc2ccccc2)C1=O. The van der Waals surface area contributed by atoms with Gasteiger partial charge in [0.25, 0.3) is 15.9 Å². The standard InChI is InChI=1S/C24H23ClN2O4S/c1-2-22-24(28)27(15-17-7-4-3-5-8-17)16-18-13-20(11-12-23(18)31-22)26-32(29,30)21-10-6-9-19(25)14-21/h3-14,22,26H,2,15-16H2,1H3. The Balaban J connectivity index is 1.63. The summed E-state index contributed by atoms with van der Waals surface area (Å²) < 4.78 is 34.1. The summed E-state index contributed by atoms with van der Waals surface area (Å²) >= 11 is 5.94. The maximum absolute atomic E-state index is 13.1. The zero-order chi connectivity index (χ0) is 22.7. The fourth-order valence-corrected chi connectivity index (χ4v) is 4.97. The Morgan fingerprint density at radius 1 is 1.06 bits per heavy atom.